The van der Waals surface area contributed by atoms with Gasteiger partial charge in [-0.1, -0.05) is 31.1 Å². The summed E-state index contributed by atoms with van der Waals surface area (Å²) in [6.45, 7) is 4.57. The summed E-state index contributed by atoms with van der Waals surface area (Å²) in [5, 5.41) is 6.87. The summed E-state index contributed by atoms with van der Waals surface area (Å²) < 4.78 is 5.25. The molecule has 0 saturated carbocycles. The molecule has 0 spiro atoms. The van der Waals surface area contributed by atoms with E-state index in [4.69, 9.17) is 4.52 Å². The van der Waals surface area contributed by atoms with Gasteiger partial charge in [0, 0.05) is 29.6 Å². The average Bonchev–Trinajstić information content (AvgIpc) is 3.24. The highest BCUT2D eigenvalue weighted by molar-refractivity contribution is 5.95. The van der Waals surface area contributed by atoms with Gasteiger partial charge in [-0.05, 0) is 24.5 Å². The fraction of sp³-hybridized carbons (Fsp3) is 0.278. The van der Waals surface area contributed by atoms with Gasteiger partial charge < -0.3 is 14.8 Å². The minimum absolute atomic E-state index is 0.162. The molecule has 0 aliphatic rings. The summed E-state index contributed by atoms with van der Waals surface area (Å²) in [6, 6.07) is 9.21. The Morgan fingerprint density at radius 3 is 2.96 bits per heavy atom. The number of H-pyrrole nitrogens is 1. The number of amides is 1. The van der Waals surface area contributed by atoms with Crippen LogP contribution in [0.25, 0.3) is 11.4 Å². The number of aromatic nitrogens is 3. The van der Waals surface area contributed by atoms with E-state index in [1.54, 1.807) is 24.5 Å². The van der Waals surface area contributed by atoms with Crippen LogP contribution in [0.2, 0.25) is 0 Å². The molecule has 1 amide bonds. The number of hydrogen-bond donors (Lipinski definition) is 2. The fourth-order valence-corrected chi connectivity index (χ4v) is 2.45. The molecule has 1 aromatic carbocycles. The lowest BCUT2D eigenvalue weighted by Gasteiger charge is -2.04. The van der Waals surface area contributed by atoms with Gasteiger partial charge in [0.2, 0.25) is 0 Å². The zero-order valence-electron chi connectivity index (χ0n) is 13.7. The monoisotopic (exact) mass is 324 g/mol. The van der Waals surface area contributed by atoms with Crippen molar-refractivity contribution in [3.05, 3.63) is 59.7 Å². The number of carbonyl (C=O) groups excluding carboxylic acids is 1. The van der Waals surface area contributed by atoms with Crippen LogP contribution in [0.4, 0.5) is 0 Å². The minimum Gasteiger partial charge on any atom is -0.359 e. The van der Waals surface area contributed by atoms with Gasteiger partial charge in [-0.3, -0.25) is 4.79 Å². The van der Waals surface area contributed by atoms with Crippen LogP contribution in [0.3, 0.4) is 0 Å². The van der Waals surface area contributed by atoms with Crippen molar-refractivity contribution < 1.29 is 9.32 Å². The molecule has 0 saturated heterocycles. The molecule has 3 rings (SSSR count). The Balaban J connectivity index is 1.63. The first-order valence-corrected chi connectivity index (χ1v) is 7.94. The van der Waals surface area contributed by atoms with E-state index in [0.717, 1.165) is 23.5 Å². The average molecular weight is 324 g/mol. The predicted molar refractivity (Wildman–Crippen MR) is 90.2 cm³/mol. The number of nitrogens with one attached hydrogen (secondary N) is 2. The van der Waals surface area contributed by atoms with Gasteiger partial charge in [0.05, 0.1) is 12.2 Å². The highest BCUT2D eigenvalue weighted by atomic mass is 16.5. The SMILES string of the molecule is CC(C)Cc1cc(CNC(=O)c2cccc(-c3ncc[nH]3)c2)on1. The molecule has 2 heterocycles. The van der Waals surface area contributed by atoms with E-state index in [0.29, 0.717) is 23.8 Å². The first kappa shape index (κ1) is 16.0. The van der Waals surface area contributed by atoms with Gasteiger partial charge >= 0.3 is 0 Å². The second-order valence-corrected chi connectivity index (χ2v) is 6.08. The standard InChI is InChI=1S/C18H20N4O2/c1-12(2)8-15-10-16(24-22-15)11-21-18(23)14-5-3-4-13(9-14)17-19-6-7-20-17/h3-7,9-10,12H,8,11H2,1-2H3,(H,19,20)(H,21,23). The molecule has 0 fully saturated rings. The smallest absolute Gasteiger partial charge is 0.251 e. The number of rotatable bonds is 6. The summed E-state index contributed by atoms with van der Waals surface area (Å²) in [7, 11) is 0. The number of imidazole rings is 1. The summed E-state index contributed by atoms with van der Waals surface area (Å²) in [4.78, 5) is 19.5. The summed E-state index contributed by atoms with van der Waals surface area (Å²) in [6.07, 6.45) is 4.30. The molecule has 0 bridgehead atoms. The summed E-state index contributed by atoms with van der Waals surface area (Å²) in [5.41, 5.74) is 2.35. The van der Waals surface area contributed by atoms with Crippen LogP contribution in [-0.4, -0.2) is 21.0 Å². The molecular formula is C18H20N4O2. The lowest BCUT2D eigenvalue weighted by Crippen LogP contribution is -2.22. The van der Waals surface area contributed by atoms with Crippen LogP contribution < -0.4 is 5.32 Å². The van der Waals surface area contributed by atoms with E-state index in [1.807, 2.05) is 18.2 Å². The van der Waals surface area contributed by atoms with Crippen molar-refractivity contribution in [3.63, 3.8) is 0 Å². The van der Waals surface area contributed by atoms with Crippen molar-refractivity contribution in [2.24, 2.45) is 5.92 Å². The third-order valence-electron chi connectivity index (χ3n) is 3.54. The maximum atomic E-state index is 12.3. The Morgan fingerprint density at radius 1 is 1.33 bits per heavy atom. The van der Waals surface area contributed by atoms with Crippen molar-refractivity contribution in [3.8, 4) is 11.4 Å². The first-order chi connectivity index (χ1) is 11.6. The quantitative estimate of drug-likeness (QED) is 0.729. The topological polar surface area (TPSA) is 83.8 Å². The van der Waals surface area contributed by atoms with E-state index in [9.17, 15) is 4.79 Å². The van der Waals surface area contributed by atoms with E-state index in [2.05, 4.69) is 34.3 Å². The van der Waals surface area contributed by atoms with Crippen LogP contribution in [0.15, 0.2) is 47.2 Å². The lowest BCUT2D eigenvalue weighted by atomic mass is 10.1. The Kier molecular flexibility index (Phi) is 4.74. The third-order valence-corrected chi connectivity index (χ3v) is 3.54. The van der Waals surface area contributed by atoms with Gasteiger partial charge in [-0.2, -0.15) is 0 Å². The second-order valence-electron chi connectivity index (χ2n) is 6.08. The van der Waals surface area contributed by atoms with Gasteiger partial charge in [0.1, 0.15) is 5.82 Å². The molecule has 2 N–H and O–H groups in total. The first-order valence-electron chi connectivity index (χ1n) is 7.94. The van der Waals surface area contributed by atoms with Crippen LogP contribution >= 0.6 is 0 Å². The molecular weight excluding hydrogens is 304 g/mol. The summed E-state index contributed by atoms with van der Waals surface area (Å²) >= 11 is 0. The zero-order valence-corrected chi connectivity index (χ0v) is 13.7. The normalized spacial score (nSPS) is 11.0. The minimum atomic E-state index is -0.162. The number of nitrogens with zero attached hydrogens (tertiary/aromatic N) is 2. The second kappa shape index (κ2) is 7.12. The molecule has 24 heavy (non-hydrogen) atoms. The molecule has 124 valence electrons. The maximum absolute atomic E-state index is 12.3. The molecule has 3 aromatic rings. The molecule has 6 heteroatoms. The van der Waals surface area contributed by atoms with E-state index in [1.165, 1.54) is 0 Å². The Labute approximate surface area is 140 Å². The predicted octanol–water partition coefficient (Wildman–Crippen LogP) is 3.19. The number of carbonyl (C=O) groups is 1. The molecule has 0 atom stereocenters. The van der Waals surface area contributed by atoms with E-state index < -0.39 is 0 Å². The number of hydrogen-bond acceptors (Lipinski definition) is 4. The number of benzene rings is 1. The van der Waals surface area contributed by atoms with Crippen molar-refractivity contribution in [1.29, 1.82) is 0 Å². The zero-order chi connectivity index (χ0) is 16.9. The maximum Gasteiger partial charge on any atom is 0.251 e. The van der Waals surface area contributed by atoms with Crippen molar-refractivity contribution in [1.82, 2.24) is 20.4 Å². The molecule has 0 radical (unpaired) electrons. The highest BCUT2D eigenvalue weighted by Gasteiger charge is 2.10. The lowest BCUT2D eigenvalue weighted by molar-refractivity contribution is 0.0947. The van der Waals surface area contributed by atoms with Crippen molar-refractivity contribution in [2.45, 2.75) is 26.8 Å². The van der Waals surface area contributed by atoms with Gasteiger partial charge in [0.25, 0.3) is 5.91 Å². The van der Waals surface area contributed by atoms with Gasteiger partial charge in [0.15, 0.2) is 5.76 Å². The molecule has 0 aliphatic carbocycles. The van der Waals surface area contributed by atoms with Crippen molar-refractivity contribution >= 4 is 5.91 Å². The van der Waals surface area contributed by atoms with Crippen molar-refractivity contribution in [2.75, 3.05) is 0 Å². The fourth-order valence-electron chi connectivity index (χ4n) is 2.45. The Morgan fingerprint density at radius 2 is 2.21 bits per heavy atom. The van der Waals surface area contributed by atoms with Crippen LogP contribution in [-0.2, 0) is 13.0 Å². The van der Waals surface area contributed by atoms with E-state index in [-0.39, 0.29) is 5.91 Å². The third kappa shape index (κ3) is 3.90. The largest absolute Gasteiger partial charge is 0.359 e. The van der Waals surface area contributed by atoms with E-state index >= 15 is 0 Å². The molecule has 6 nitrogen and oxygen atoms in total. The van der Waals surface area contributed by atoms with Gasteiger partial charge in [-0.25, -0.2) is 4.98 Å². The molecule has 0 aliphatic heterocycles. The van der Waals surface area contributed by atoms with Crippen LogP contribution in [0, 0.1) is 5.92 Å². The van der Waals surface area contributed by atoms with Crippen LogP contribution in [0.1, 0.15) is 35.7 Å². The Bertz CT molecular complexity index is 806. The van der Waals surface area contributed by atoms with Crippen LogP contribution in [0.5, 0.6) is 0 Å². The molecule has 0 unspecified atom stereocenters. The van der Waals surface area contributed by atoms with Gasteiger partial charge in [-0.15, -0.1) is 0 Å². The highest BCUT2D eigenvalue weighted by Crippen LogP contribution is 2.16. The summed E-state index contributed by atoms with van der Waals surface area (Å²) in [5.74, 6) is 1.74. The Hall–Kier alpha value is -2.89. The molecule has 2 aromatic heterocycles. The number of aromatic amines is 1.